The Morgan fingerprint density at radius 3 is 2.17 bits per heavy atom. The molecule has 100 valence electrons. The molecule has 0 saturated carbocycles. The fourth-order valence-corrected chi connectivity index (χ4v) is 2.48. The van der Waals surface area contributed by atoms with Gasteiger partial charge in [0.05, 0.1) is 16.8 Å². The van der Waals surface area contributed by atoms with Gasteiger partial charge in [0.1, 0.15) is 4.90 Å². The van der Waals surface area contributed by atoms with Crippen molar-refractivity contribution in [2.45, 2.75) is 11.1 Å². The number of anilines is 1. The van der Waals surface area contributed by atoms with E-state index in [1.165, 1.54) is 0 Å². The molecule has 0 fully saturated rings. The normalized spacial score (nSPS) is 12.4. The second kappa shape index (κ2) is 4.16. The van der Waals surface area contributed by atoms with Crippen LogP contribution in [0.2, 0.25) is 0 Å². The van der Waals surface area contributed by atoms with Crippen LogP contribution in [0.5, 0.6) is 0 Å². The highest BCUT2D eigenvalue weighted by molar-refractivity contribution is 7.91. The van der Waals surface area contributed by atoms with Crippen LogP contribution in [-0.4, -0.2) is 25.7 Å². The number of rotatable bonds is 2. The summed E-state index contributed by atoms with van der Waals surface area (Å²) in [7, 11) is -4.20. The van der Waals surface area contributed by atoms with Gasteiger partial charge in [-0.25, -0.2) is 13.2 Å². The first kappa shape index (κ1) is 14.3. The van der Waals surface area contributed by atoms with Crippen molar-refractivity contribution in [2.75, 3.05) is 12.0 Å². The average Bonchev–Trinajstić information content (AvgIpc) is 2.12. The van der Waals surface area contributed by atoms with Gasteiger partial charge in [-0.2, -0.15) is 13.2 Å². The summed E-state index contributed by atoms with van der Waals surface area (Å²) in [6, 6.07) is 1.01. The van der Waals surface area contributed by atoms with Crippen LogP contribution in [0, 0.1) is 0 Å². The zero-order valence-electron chi connectivity index (χ0n) is 8.95. The summed E-state index contributed by atoms with van der Waals surface area (Å²) in [5, 5.41) is 8.75. The molecule has 0 saturated heterocycles. The van der Waals surface area contributed by atoms with Gasteiger partial charge in [-0.15, -0.1) is 0 Å². The number of halogens is 3. The fourth-order valence-electron chi connectivity index (χ4n) is 1.41. The van der Waals surface area contributed by atoms with Crippen LogP contribution in [0.15, 0.2) is 17.0 Å². The molecule has 18 heavy (non-hydrogen) atoms. The highest BCUT2D eigenvalue weighted by Gasteiger charge is 2.36. The predicted molar refractivity (Wildman–Crippen MR) is 55.9 cm³/mol. The summed E-state index contributed by atoms with van der Waals surface area (Å²) in [6.07, 6.45) is -4.27. The molecule has 0 unspecified atom stereocenters. The highest BCUT2D eigenvalue weighted by Crippen LogP contribution is 2.37. The molecule has 9 heteroatoms. The monoisotopic (exact) mass is 283 g/mol. The van der Waals surface area contributed by atoms with Gasteiger partial charge in [0.2, 0.25) is 0 Å². The van der Waals surface area contributed by atoms with Gasteiger partial charge >= 0.3 is 12.1 Å². The first-order valence-electron chi connectivity index (χ1n) is 4.39. The first-order chi connectivity index (χ1) is 7.96. The molecule has 3 N–H and O–H groups in total. The molecule has 0 spiro atoms. The Labute approximate surface area is 99.9 Å². The van der Waals surface area contributed by atoms with Crippen LogP contribution >= 0.6 is 0 Å². The molecule has 0 aromatic heterocycles. The maximum absolute atomic E-state index is 12.5. The lowest BCUT2D eigenvalue weighted by Crippen LogP contribution is -2.16. The van der Waals surface area contributed by atoms with Crippen molar-refractivity contribution in [1.82, 2.24) is 0 Å². The van der Waals surface area contributed by atoms with Crippen molar-refractivity contribution in [1.29, 1.82) is 0 Å². The van der Waals surface area contributed by atoms with Gasteiger partial charge in [-0.3, -0.25) is 0 Å². The number of carboxylic acid groups (broad SMARTS) is 1. The number of sulfone groups is 1. The third-order valence-corrected chi connectivity index (χ3v) is 3.28. The summed E-state index contributed by atoms with van der Waals surface area (Å²) < 4.78 is 60.3. The number of carboxylic acids is 1. The van der Waals surface area contributed by atoms with Gasteiger partial charge in [0.15, 0.2) is 9.84 Å². The molecule has 0 heterocycles. The van der Waals surface area contributed by atoms with Gasteiger partial charge in [-0.1, -0.05) is 0 Å². The quantitative estimate of drug-likeness (QED) is 0.799. The van der Waals surface area contributed by atoms with Gasteiger partial charge < -0.3 is 10.8 Å². The molecular weight excluding hydrogens is 275 g/mol. The van der Waals surface area contributed by atoms with Crippen molar-refractivity contribution >= 4 is 21.5 Å². The number of hydrogen-bond donors (Lipinski definition) is 2. The molecule has 1 aromatic rings. The molecule has 1 aromatic carbocycles. The number of alkyl halides is 3. The van der Waals surface area contributed by atoms with Crippen molar-refractivity contribution in [3.8, 4) is 0 Å². The third-order valence-electron chi connectivity index (χ3n) is 2.10. The van der Waals surface area contributed by atoms with Crippen LogP contribution in [0.25, 0.3) is 0 Å². The molecule has 5 nitrogen and oxygen atoms in total. The second-order valence-electron chi connectivity index (χ2n) is 3.48. The SMILES string of the molecule is CS(=O)(=O)c1c(C(=O)O)ccc(C(F)(F)F)c1N. The summed E-state index contributed by atoms with van der Waals surface area (Å²) in [5.41, 5.74) is 1.85. The number of nitrogens with two attached hydrogens (primary N) is 1. The van der Waals surface area contributed by atoms with Crippen LogP contribution in [0.1, 0.15) is 15.9 Å². The van der Waals surface area contributed by atoms with E-state index in [-0.39, 0.29) is 0 Å². The third kappa shape index (κ3) is 2.55. The second-order valence-corrected chi connectivity index (χ2v) is 5.43. The molecule has 0 aliphatic rings. The number of benzene rings is 1. The minimum atomic E-state index is -4.86. The minimum Gasteiger partial charge on any atom is -0.478 e. The first-order valence-corrected chi connectivity index (χ1v) is 6.28. The van der Waals surface area contributed by atoms with E-state index >= 15 is 0 Å². The summed E-state index contributed by atoms with van der Waals surface area (Å²) in [6.45, 7) is 0. The van der Waals surface area contributed by atoms with E-state index < -0.39 is 43.7 Å². The lowest BCUT2D eigenvalue weighted by Gasteiger charge is -2.14. The molecule has 1 rings (SSSR count). The lowest BCUT2D eigenvalue weighted by atomic mass is 10.1. The Bertz CT molecular complexity index is 607. The van der Waals surface area contributed by atoms with Gasteiger partial charge in [0, 0.05) is 6.26 Å². The van der Waals surface area contributed by atoms with Crippen LogP contribution in [0.4, 0.5) is 18.9 Å². The van der Waals surface area contributed by atoms with E-state index in [1.807, 2.05) is 0 Å². The van der Waals surface area contributed by atoms with Crippen molar-refractivity contribution in [3.05, 3.63) is 23.3 Å². The Balaban J connectivity index is 3.78. The number of nitrogen functional groups attached to an aromatic ring is 1. The molecule has 0 atom stereocenters. The van der Waals surface area contributed by atoms with Crippen molar-refractivity contribution in [2.24, 2.45) is 0 Å². The molecule has 0 aliphatic heterocycles. The lowest BCUT2D eigenvalue weighted by molar-refractivity contribution is -0.137. The Kier molecular flexibility index (Phi) is 3.30. The number of carbonyl (C=O) groups is 1. The Morgan fingerprint density at radius 2 is 1.83 bits per heavy atom. The van der Waals surface area contributed by atoms with E-state index in [2.05, 4.69) is 0 Å². The van der Waals surface area contributed by atoms with E-state index in [0.717, 1.165) is 0 Å². The Morgan fingerprint density at radius 1 is 1.33 bits per heavy atom. The van der Waals surface area contributed by atoms with Crippen molar-refractivity contribution in [3.63, 3.8) is 0 Å². The summed E-state index contributed by atoms with van der Waals surface area (Å²) >= 11 is 0. The van der Waals surface area contributed by atoms with Gasteiger partial charge in [-0.05, 0) is 12.1 Å². The summed E-state index contributed by atoms with van der Waals surface area (Å²) in [5.74, 6) is -1.67. The fraction of sp³-hybridized carbons (Fsp3) is 0.222. The topological polar surface area (TPSA) is 97.5 Å². The van der Waals surface area contributed by atoms with E-state index in [0.29, 0.717) is 18.4 Å². The van der Waals surface area contributed by atoms with Crippen LogP contribution in [0.3, 0.4) is 0 Å². The smallest absolute Gasteiger partial charge is 0.418 e. The Hall–Kier alpha value is -1.77. The molecule has 0 aliphatic carbocycles. The highest BCUT2D eigenvalue weighted by atomic mass is 32.2. The maximum Gasteiger partial charge on any atom is 0.418 e. The zero-order chi connectivity index (χ0) is 14.3. The van der Waals surface area contributed by atoms with Crippen LogP contribution < -0.4 is 5.73 Å². The van der Waals surface area contributed by atoms with E-state index in [4.69, 9.17) is 10.8 Å². The van der Waals surface area contributed by atoms with Gasteiger partial charge in [0.25, 0.3) is 0 Å². The maximum atomic E-state index is 12.5. The molecular formula is C9H8F3NO4S. The molecule has 0 amide bonds. The largest absolute Gasteiger partial charge is 0.478 e. The average molecular weight is 283 g/mol. The zero-order valence-corrected chi connectivity index (χ0v) is 9.76. The molecule has 0 bridgehead atoms. The number of aromatic carboxylic acids is 1. The van der Waals surface area contributed by atoms with Crippen molar-refractivity contribution < 1.29 is 31.5 Å². The minimum absolute atomic E-state index is 0.438. The predicted octanol–water partition coefficient (Wildman–Crippen LogP) is 1.39. The summed E-state index contributed by atoms with van der Waals surface area (Å²) in [4.78, 5) is 9.76. The standard InChI is InChI=1S/C9H8F3NO4S/c1-18(16,17)7-4(8(14)15)2-3-5(6(7)13)9(10,11)12/h2-3H,13H2,1H3,(H,14,15). The van der Waals surface area contributed by atoms with Crippen LogP contribution in [-0.2, 0) is 16.0 Å². The van der Waals surface area contributed by atoms with E-state index in [1.54, 1.807) is 0 Å². The van der Waals surface area contributed by atoms with E-state index in [9.17, 15) is 26.4 Å². The number of hydrogen-bond acceptors (Lipinski definition) is 4. The molecule has 0 radical (unpaired) electrons.